The summed E-state index contributed by atoms with van der Waals surface area (Å²) in [6.07, 6.45) is 0. The van der Waals surface area contributed by atoms with Crippen LogP contribution in [0.4, 0.5) is 0 Å². The Morgan fingerprint density at radius 2 is 1.95 bits per heavy atom. The van der Waals surface area contributed by atoms with E-state index >= 15 is 0 Å². The SMILES string of the molecule is CCNC(=NCC(=O)N(C)C)NCC(CO)c1ccccc1. The second-order valence-corrected chi connectivity index (χ2v) is 5.15. The molecule has 1 aromatic carbocycles. The van der Waals surface area contributed by atoms with Crippen LogP contribution in [0.3, 0.4) is 0 Å². The zero-order valence-electron chi connectivity index (χ0n) is 13.5. The van der Waals surface area contributed by atoms with Gasteiger partial charge in [-0.15, -0.1) is 0 Å². The van der Waals surface area contributed by atoms with Gasteiger partial charge in [0.15, 0.2) is 5.96 Å². The lowest BCUT2D eigenvalue weighted by molar-refractivity contribution is -0.127. The van der Waals surface area contributed by atoms with Crippen molar-refractivity contribution in [2.45, 2.75) is 12.8 Å². The molecule has 6 heteroatoms. The van der Waals surface area contributed by atoms with Crippen molar-refractivity contribution in [3.8, 4) is 0 Å². The minimum absolute atomic E-state index is 0.0189. The van der Waals surface area contributed by atoms with Crippen molar-refractivity contribution < 1.29 is 9.90 Å². The van der Waals surface area contributed by atoms with Crippen molar-refractivity contribution in [3.05, 3.63) is 35.9 Å². The Kier molecular flexibility index (Phi) is 7.99. The molecule has 0 spiro atoms. The topological polar surface area (TPSA) is 77.0 Å². The van der Waals surface area contributed by atoms with E-state index in [0.717, 1.165) is 5.56 Å². The summed E-state index contributed by atoms with van der Waals surface area (Å²) in [5.74, 6) is 0.501. The first kappa shape index (κ1) is 18.0. The lowest BCUT2D eigenvalue weighted by Gasteiger charge is -2.18. The van der Waals surface area contributed by atoms with E-state index in [2.05, 4.69) is 15.6 Å². The van der Waals surface area contributed by atoms with Gasteiger partial charge in [-0.25, -0.2) is 4.99 Å². The molecule has 0 aromatic heterocycles. The maximum absolute atomic E-state index is 11.6. The molecule has 1 aromatic rings. The highest BCUT2D eigenvalue weighted by molar-refractivity contribution is 5.84. The third kappa shape index (κ3) is 6.13. The van der Waals surface area contributed by atoms with E-state index in [1.807, 2.05) is 37.3 Å². The predicted octanol–water partition coefficient (Wildman–Crippen LogP) is 0.406. The average molecular weight is 306 g/mol. The van der Waals surface area contributed by atoms with E-state index in [4.69, 9.17) is 0 Å². The number of carbonyl (C=O) groups excluding carboxylic acids is 1. The number of carbonyl (C=O) groups is 1. The molecule has 0 saturated carbocycles. The second-order valence-electron chi connectivity index (χ2n) is 5.15. The van der Waals surface area contributed by atoms with Crippen LogP contribution in [0.2, 0.25) is 0 Å². The van der Waals surface area contributed by atoms with E-state index < -0.39 is 0 Å². The predicted molar refractivity (Wildman–Crippen MR) is 88.9 cm³/mol. The highest BCUT2D eigenvalue weighted by Gasteiger charge is 2.11. The maximum atomic E-state index is 11.6. The van der Waals surface area contributed by atoms with Gasteiger partial charge in [0.05, 0.1) is 6.61 Å². The summed E-state index contributed by atoms with van der Waals surface area (Å²) in [4.78, 5) is 17.4. The van der Waals surface area contributed by atoms with Gasteiger partial charge in [-0.3, -0.25) is 4.79 Å². The molecule has 0 fully saturated rings. The molecule has 1 atom stereocenters. The summed E-state index contributed by atoms with van der Waals surface area (Å²) in [6, 6.07) is 9.83. The van der Waals surface area contributed by atoms with Crippen LogP contribution < -0.4 is 10.6 Å². The van der Waals surface area contributed by atoms with E-state index in [1.54, 1.807) is 14.1 Å². The Balaban J connectivity index is 2.62. The molecule has 1 rings (SSSR count). The molecule has 0 radical (unpaired) electrons. The van der Waals surface area contributed by atoms with Gasteiger partial charge < -0.3 is 20.6 Å². The van der Waals surface area contributed by atoms with Crippen molar-refractivity contribution in [2.24, 2.45) is 4.99 Å². The summed E-state index contributed by atoms with van der Waals surface area (Å²) in [7, 11) is 3.41. The second kappa shape index (κ2) is 9.78. The Labute approximate surface area is 132 Å². The van der Waals surface area contributed by atoms with Crippen molar-refractivity contribution in [2.75, 3.05) is 40.3 Å². The van der Waals surface area contributed by atoms with Gasteiger partial charge in [0, 0.05) is 33.1 Å². The number of likely N-dealkylation sites (N-methyl/N-ethyl adjacent to an activating group) is 1. The van der Waals surface area contributed by atoms with Crippen LogP contribution in [0.5, 0.6) is 0 Å². The van der Waals surface area contributed by atoms with Crippen LogP contribution in [0, 0.1) is 0 Å². The minimum Gasteiger partial charge on any atom is -0.396 e. The summed E-state index contributed by atoms with van der Waals surface area (Å²) in [5, 5.41) is 15.8. The van der Waals surface area contributed by atoms with Gasteiger partial charge in [-0.1, -0.05) is 30.3 Å². The van der Waals surface area contributed by atoms with Gasteiger partial charge in [0.1, 0.15) is 6.54 Å². The molecule has 1 unspecified atom stereocenters. The van der Waals surface area contributed by atoms with Crippen molar-refractivity contribution >= 4 is 11.9 Å². The Morgan fingerprint density at radius 3 is 2.50 bits per heavy atom. The van der Waals surface area contributed by atoms with Crippen molar-refractivity contribution in [1.29, 1.82) is 0 Å². The average Bonchev–Trinajstić information content (AvgIpc) is 2.53. The van der Waals surface area contributed by atoms with Crippen LogP contribution in [0.1, 0.15) is 18.4 Å². The third-order valence-corrected chi connectivity index (χ3v) is 3.22. The quantitative estimate of drug-likeness (QED) is 0.504. The molecular weight excluding hydrogens is 280 g/mol. The number of hydrogen-bond donors (Lipinski definition) is 3. The molecule has 0 saturated heterocycles. The number of rotatable bonds is 7. The fourth-order valence-electron chi connectivity index (χ4n) is 1.86. The van der Waals surface area contributed by atoms with Gasteiger partial charge in [0.25, 0.3) is 0 Å². The number of aliphatic hydroxyl groups excluding tert-OH is 1. The lowest BCUT2D eigenvalue weighted by atomic mass is 10.0. The number of benzene rings is 1. The Hall–Kier alpha value is -2.08. The number of amides is 1. The normalized spacial score (nSPS) is 12.6. The number of hydrogen-bond acceptors (Lipinski definition) is 3. The fraction of sp³-hybridized carbons (Fsp3) is 0.500. The standard InChI is InChI=1S/C16H26N4O2/c1-4-17-16(19-11-15(22)20(2)3)18-10-14(12-21)13-8-6-5-7-9-13/h5-9,14,21H,4,10-12H2,1-3H3,(H2,17,18,19). The Bertz CT molecular complexity index is 474. The number of guanidine groups is 1. The summed E-state index contributed by atoms with van der Waals surface area (Å²) in [6.45, 7) is 3.36. The molecular formula is C16H26N4O2. The first-order chi connectivity index (χ1) is 10.6. The lowest BCUT2D eigenvalue weighted by Crippen LogP contribution is -2.40. The largest absolute Gasteiger partial charge is 0.396 e. The molecule has 6 nitrogen and oxygen atoms in total. The number of aliphatic imine (C=N–C) groups is 1. The number of aliphatic hydroxyl groups is 1. The van der Waals surface area contributed by atoms with Crippen molar-refractivity contribution in [3.63, 3.8) is 0 Å². The third-order valence-electron chi connectivity index (χ3n) is 3.22. The van der Waals surface area contributed by atoms with Crippen LogP contribution >= 0.6 is 0 Å². The van der Waals surface area contributed by atoms with Crippen LogP contribution in [0.25, 0.3) is 0 Å². The highest BCUT2D eigenvalue weighted by atomic mass is 16.3. The van der Waals surface area contributed by atoms with Gasteiger partial charge in [-0.2, -0.15) is 0 Å². The summed E-state index contributed by atoms with van der Waals surface area (Å²) >= 11 is 0. The number of nitrogens with zero attached hydrogens (tertiary/aromatic N) is 2. The molecule has 122 valence electrons. The minimum atomic E-state index is -0.0565. The Morgan fingerprint density at radius 1 is 1.27 bits per heavy atom. The maximum Gasteiger partial charge on any atom is 0.243 e. The zero-order chi connectivity index (χ0) is 16.4. The highest BCUT2D eigenvalue weighted by Crippen LogP contribution is 2.13. The van der Waals surface area contributed by atoms with Crippen LogP contribution in [-0.2, 0) is 4.79 Å². The monoisotopic (exact) mass is 306 g/mol. The van der Waals surface area contributed by atoms with E-state index in [9.17, 15) is 9.90 Å². The van der Waals surface area contributed by atoms with Gasteiger partial charge in [-0.05, 0) is 12.5 Å². The fourth-order valence-corrected chi connectivity index (χ4v) is 1.86. The molecule has 1 amide bonds. The smallest absolute Gasteiger partial charge is 0.243 e. The zero-order valence-corrected chi connectivity index (χ0v) is 13.5. The van der Waals surface area contributed by atoms with Crippen molar-refractivity contribution in [1.82, 2.24) is 15.5 Å². The molecule has 0 aliphatic carbocycles. The van der Waals surface area contributed by atoms with E-state index in [1.165, 1.54) is 4.90 Å². The molecule has 0 aliphatic rings. The van der Waals surface area contributed by atoms with Gasteiger partial charge >= 0.3 is 0 Å². The first-order valence-corrected chi connectivity index (χ1v) is 7.46. The first-order valence-electron chi connectivity index (χ1n) is 7.46. The molecule has 3 N–H and O–H groups in total. The van der Waals surface area contributed by atoms with Gasteiger partial charge in [0.2, 0.25) is 5.91 Å². The van der Waals surface area contributed by atoms with Crippen LogP contribution in [0.15, 0.2) is 35.3 Å². The summed E-state index contributed by atoms with van der Waals surface area (Å²) < 4.78 is 0. The van der Waals surface area contributed by atoms with E-state index in [-0.39, 0.29) is 25.0 Å². The van der Waals surface area contributed by atoms with E-state index in [0.29, 0.717) is 19.0 Å². The molecule has 22 heavy (non-hydrogen) atoms. The van der Waals surface area contributed by atoms with Crippen LogP contribution in [-0.4, -0.2) is 62.2 Å². The molecule has 0 aliphatic heterocycles. The summed E-state index contributed by atoms with van der Waals surface area (Å²) in [5.41, 5.74) is 1.07. The molecule has 0 heterocycles. The number of nitrogens with one attached hydrogen (secondary N) is 2. The molecule has 0 bridgehead atoms.